The van der Waals surface area contributed by atoms with Gasteiger partial charge in [-0.1, -0.05) is 11.6 Å². The minimum atomic E-state index is -3.94. The molecule has 1 rings (SSSR count). The zero-order chi connectivity index (χ0) is 15.3. The van der Waals surface area contributed by atoms with Gasteiger partial charge in [0.2, 0.25) is 0 Å². The summed E-state index contributed by atoms with van der Waals surface area (Å²) in [6.45, 7) is 4.54. The largest absolute Gasteiger partial charge is 0.380 e. The summed E-state index contributed by atoms with van der Waals surface area (Å²) in [6.07, 6.45) is 0. The van der Waals surface area contributed by atoms with Crippen LogP contribution in [0.4, 0.5) is 0 Å². The first-order valence-electron chi connectivity index (χ1n) is 5.88. The van der Waals surface area contributed by atoms with Crippen molar-refractivity contribution >= 4 is 37.2 Å². The smallest absolute Gasteiger partial charge is 0.261 e. The van der Waals surface area contributed by atoms with E-state index >= 15 is 0 Å². The summed E-state index contributed by atoms with van der Waals surface area (Å²) in [4.78, 5) is 11.8. The van der Waals surface area contributed by atoms with Crippen LogP contribution in [0.5, 0.6) is 0 Å². The molecule has 20 heavy (non-hydrogen) atoms. The molecule has 1 atom stereocenters. The molecule has 0 saturated carbocycles. The Morgan fingerprint density at radius 3 is 2.60 bits per heavy atom. The number of halogens is 2. The van der Waals surface area contributed by atoms with E-state index in [0.717, 1.165) is 0 Å². The molecule has 8 heteroatoms. The molecule has 0 aliphatic heterocycles. The van der Waals surface area contributed by atoms with Crippen molar-refractivity contribution in [1.29, 1.82) is 0 Å². The van der Waals surface area contributed by atoms with Gasteiger partial charge in [0, 0.05) is 33.9 Å². The van der Waals surface area contributed by atoms with E-state index in [9.17, 15) is 13.2 Å². The molecule has 0 radical (unpaired) electrons. The topological polar surface area (TPSA) is 72.5 Å². The normalized spacial score (nSPS) is 13.0. The molecule has 0 aliphatic rings. The number of amides is 1. The van der Waals surface area contributed by atoms with Crippen LogP contribution >= 0.6 is 22.3 Å². The molecule has 5 nitrogen and oxygen atoms in total. The van der Waals surface area contributed by atoms with Crippen LogP contribution in [0, 0.1) is 0 Å². The standard InChI is InChI=1S/C12H15Cl2NO4S/c1-3-19-7-8(2)15-12(16)9-4-10(13)6-11(5-9)20(14,17)18/h4-6,8H,3,7H2,1-2H3,(H,15,16). The van der Waals surface area contributed by atoms with Crippen molar-refractivity contribution in [1.82, 2.24) is 5.32 Å². The zero-order valence-electron chi connectivity index (χ0n) is 11.0. The first kappa shape index (κ1) is 17.2. The second-order valence-corrected chi connectivity index (χ2v) is 7.15. The second-order valence-electron chi connectivity index (χ2n) is 4.15. The quantitative estimate of drug-likeness (QED) is 0.808. The lowest BCUT2D eigenvalue weighted by Gasteiger charge is -2.14. The first-order valence-corrected chi connectivity index (χ1v) is 8.56. The number of hydrogen-bond acceptors (Lipinski definition) is 4. The molecule has 1 unspecified atom stereocenters. The van der Waals surface area contributed by atoms with E-state index in [1.165, 1.54) is 18.2 Å². The summed E-state index contributed by atoms with van der Waals surface area (Å²) in [6, 6.07) is 3.52. The van der Waals surface area contributed by atoms with E-state index in [-0.39, 0.29) is 21.5 Å². The Balaban J connectivity index is 2.91. The highest BCUT2D eigenvalue weighted by Crippen LogP contribution is 2.22. The molecule has 0 bridgehead atoms. The predicted molar refractivity (Wildman–Crippen MR) is 77.9 cm³/mol. The summed E-state index contributed by atoms with van der Waals surface area (Å²) in [7, 11) is 1.30. The maximum absolute atomic E-state index is 12.0. The molecule has 0 spiro atoms. The number of benzene rings is 1. The van der Waals surface area contributed by atoms with Gasteiger partial charge in [-0.15, -0.1) is 0 Å². The van der Waals surface area contributed by atoms with E-state index in [1.807, 2.05) is 6.92 Å². The number of hydrogen-bond donors (Lipinski definition) is 1. The molecule has 0 aliphatic carbocycles. The van der Waals surface area contributed by atoms with Crippen molar-refractivity contribution in [3.05, 3.63) is 28.8 Å². The summed E-state index contributed by atoms with van der Waals surface area (Å²) in [5, 5.41) is 2.80. The minimum Gasteiger partial charge on any atom is -0.380 e. The Hall–Kier alpha value is -0.820. The third-order valence-corrected chi connectivity index (χ3v) is 3.92. The van der Waals surface area contributed by atoms with Crippen LogP contribution in [-0.4, -0.2) is 33.6 Å². The van der Waals surface area contributed by atoms with Gasteiger partial charge < -0.3 is 10.1 Å². The molecule has 0 heterocycles. The van der Waals surface area contributed by atoms with Crippen LogP contribution in [0.3, 0.4) is 0 Å². The number of carbonyl (C=O) groups is 1. The Morgan fingerprint density at radius 1 is 1.40 bits per heavy atom. The van der Waals surface area contributed by atoms with Crippen LogP contribution in [0.15, 0.2) is 23.1 Å². The lowest BCUT2D eigenvalue weighted by atomic mass is 10.2. The van der Waals surface area contributed by atoms with Gasteiger partial charge in [0.15, 0.2) is 0 Å². The van der Waals surface area contributed by atoms with Gasteiger partial charge in [0.25, 0.3) is 15.0 Å². The highest BCUT2D eigenvalue weighted by molar-refractivity contribution is 8.13. The van der Waals surface area contributed by atoms with Crippen LogP contribution in [0.2, 0.25) is 5.02 Å². The molecule has 1 aromatic carbocycles. The van der Waals surface area contributed by atoms with Gasteiger partial charge in [0.1, 0.15) is 0 Å². The van der Waals surface area contributed by atoms with Gasteiger partial charge in [-0.3, -0.25) is 4.79 Å². The average molecular weight is 340 g/mol. The van der Waals surface area contributed by atoms with Gasteiger partial charge >= 0.3 is 0 Å². The number of carbonyl (C=O) groups excluding carboxylic acids is 1. The van der Waals surface area contributed by atoms with Crippen molar-refractivity contribution in [3.63, 3.8) is 0 Å². The fraction of sp³-hybridized carbons (Fsp3) is 0.417. The number of ether oxygens (including phenoxy) is 1. The molecule has 1 aromatic rings. The predicted octanol–water partition coefficient (Wildman–Crippen LogP) is 2.42. The first-order chi connectivity index (χ1) is 9.24. The molecular weight excluding hydrogens is 325 g/mol. The number of rotatable bonds is 6. The molecule has 112 valence electrons. The lowest BCUT2D eigenvalue weighted by molar-refractivity contribution is 0.0872. The van der Waals surface area contributed by atoms with Crippen molar-refractivity contribution in [2.24, 2.45) is 0 Å². The molecule has 1 N–H and O–H groups in total. The highest BCUT2D eigenvalue weighted by Gasteiger charge is 2.16. The second kappa shape index (κ2) is 7.26. The van der Waals surface area contributed by atoms with E-state index in [1.54, 1.807) is 6.92 Å². The van der Waals surface area contributed by atoms with E-state index < -0.39 is 15.0 Å². The Kier molecular flexibility index (Phi) is 6.26. The summed E-state index contributed by atoms with van der Waals surface area (Å²) in [5.41, 5.74) is 0.125. The molecule has 0 saturated heterocycles. The van der Waals surface area contributed by atoms with Gasteiger partial charge in [-0.05, 0) is 32.0 Å². The monoisotopic (exact) mass is 339 g/mol. The van der Waals surface area contributed by atoms with E-state index in [2.05, 4.69) is 5.32 Å². The minimum absolute atomic E-state index is 0.120. The molecule has 0 aromatic heterocycles. The lowest BCUT2D eigenvalue weighted by Crippen LogP contribution is -2.35. The fourth-order valence-electron chi connectivity index (χ4n) is 1.48. The van der Waals surface area contributed by atoms with Gasteiger partial charge in [-0.2, -0.15) is 0 Å². The van der Waals surface area contributed by atoms with Crippen molar-refractivity contribution < 1.29 is 17.9 Å². The highest BCUT2D eigenvalue weighted by atomic mass is 35.7. The zero-order valence-corrected chi connectivity index (χ0v) is 13.3. The maximum atomic E-state index is 12.0. The Bertz CT molecular complexity index is 589. The Labute approximate surface area is 127 Å². The van der Waals surface area contributed by atoms with Crippen LogP contribution in [0.1, 0.15) is 24.2 Å². The summed E-state index contributed by atoms with van der Waals surface area (Å²) >= 11 is 5.79. The third-order valence-electron chi connectivity index (χ3n) is 2.36. The molecule has 1 amide bonds. The van der Waals surface area contributed by atoms with Crippen LogP contribution in [0.25, 0.3) is 0 Å². The molecule has 0 fully saturated rings. The van der Waals surface area contributed by atoms with Crippen molar-refractivity contribution in [2.45, 2.75) is 24.8 Å². The Morgan fingerprint density at radius 2 is 2.05 bits per heavy atom. The summed E-state index contributed by atoms with van der Waals surface area (Å²) in [5.74, 6) is -0.443. The van der Waals surface area contributed by atoms with Gasteiger partial charge in [0.05, 0.1) is 11.5 Å². The van der Waals surface area contributed by atoms with E-state index in [4.69, 9.17) is 27.0 Å². The SMILES string of the molecule is CCOCC(C)NC(=O)c1cc(Cl)cc(S(=O)(=O)Cl)c1. The average Bonchev–Trinajstić information content (AvgIpc) is 2.34. The van der Waals surface area contributed by atoms with Gasteiger partial charge in [-0.25, -0.2) is 8.42 Å². The van der Waals surface area contributed by atoms with Crippen LogP contribution in [-0.2, 0) is 13.8 Å². The third kappa shape index (κ3) is 5.28. The van der Waals surface area contributed by atoms with Crippen molar-refractivity contribution in [2.75, 3.05) is 13.2 Å². The molecular formula is C12H15Cl2NO4S. The fourth-order valence-corrected chi connectivity index (χ4v) is 2.58. The summed E-state index contributed by atoms with van der Waals surface area (Å²) < 4.78 is 27.7. The van der Waals surface area contributed by atoms with Crippen molar-refractivity contribution in [3.8, 4) is 0 Å². The van der Waals surface area contributed by atoms with E-state index in [0.29, 0.717) is 13.2 Å². The number of nitrogens with one attached hydrogen (secondary N) is 1. The van der Waals surface area contributed by atoms with Crippen LogP contribution < -0.4 is 5.32 Å². The maximum Gasteiger partial charge on any atom is 0.261 e.